The van der Waals surface area contributed by atoms with E-state index in [2.05, 4.69) is 4.72 Å². The highest BCUT2D eigenvalue weighted by Gasteiger charge is 2.18. The second-order valence-corrected chi connectivity index (χ2v) is 8.48. The number of methoxy groups -OCH3 is 1. The second kappa shape index (κ2) is 9.61. The van der Waals surface area contributed by atoms with Crippen molar-refractivity contribution in [3.63, 3.8) is 0 Å². The van der Waals surface area contributed by atoms with Gasteiger partial charge in [-0.1, -0.05) is 6.07 Å². The van der Waals surface area contributed by atoms with E-state index in [9.17, 15) is 22.4 Å². The number of carbonyl (C=O) groups is 2. The third kappa shape index (κ3) is 5.50. The molecule has 0 fully saturated rings. The number of benzene rings is 3. The van der Waals surface area contributed by atoms with Crippen LogP contribution in [0.2, 0.25) is 0 Å². The number of nitrogens with one attached hydrogen (secondary N) is 1. The Morgan fingerprint density at radius 3 is 2.34 bits per heavy atom. The Kier molecular flexibility index (Phi) is 6.89. The Balaban J connectivity index is 1.76. The maximum atomic E-state index is 13.0. The van der Waals surface area contributed by atoms with Crippen LogP contribution in [-0.4, -0.2) is 27.3 Å². The fourth-order valence-corrected chi connectivity index (χ4v) is 3.96. The molecule has 3 aromatic rings. The Labute approximate surface area is 184 Å². The lowest BCUT2D eigenvalue weighted by Crippen LogP contribution is -2.14. The molecule has 0 aliphatic heterocycles. The third-order valence-corrected chi connectivity index (χ3v) is 5.90. The molecular formula is C23H20FNO6S. The van der Waals surface area contributed by atoms with E-state index in [0.717, 1.165) is 12.1 Å². The van der Waals surface area contributed by atoms with Gasteiger partial charge in [0, 0.05) is 16.8 Å². The summed E-state index contributed by atoms with van der Waals surface area (Å²) >= 11 is 0. The smallest absolute Gasteiger partial charge is 0.338 e. The molecule has 0 aliphatic rings. The van der Waals surface area contributed by atoms with E-state index in [1.807, 2.05) is 0 Å². The fraction of sp³-hybridized carbons (Fsp3) is 0.130. The first-order valence-corrected chi connectivity index (χ1v) is 10.9. The van der Waals surface area contributed by atoms with Gasteiger partial charge < -0.3 is 9.47 Å². The van der Waals surface area contributed by atoms with Gasteiger partial charge in [0.2, 0.25) is 0 Å². The SMILES string of the molecule is COc1ccc(C(C)=O)cc1COC(=O)c1cccc(S(=O)(=O)Nc2ccc(F)cc2)c1. The number of rotatable bonds is 8. The summed E-state index contributed by atoms with van der Waals surface area (Å²) in [4.78, 5) is 24.0. The molecule has 0 unspecified atom stereocenters. The van der Waals surface area contributed by atoms with Crippen LogP contribution >= 0.6 is 0 Å². The van der Waals surface area contributed by atoms with Crippen molar-refractivity contribution >= 4 is 27.5 Å². The quantitative estimate of drug-likeness (QED) is 0.402. The molecule has 0 radical (unpaired) electrons. The molecule has 0 saturated carbocycles. The largest absolute Gasteiger partial charge is 0.496 e. The number of halogens is 1. The molecule has 0 amide bonds. The van der Waals surface area contributed by atoms with Crippen molar-refractivity contribution in [1.29, 1.82) is 0 Å². The van der Waals surface area contributed by atoms with Crippen LogP contribution in [-0.2, 0) is 21.4 Å². The minimum atomic E-state index is -4.01. The first-order chi connectivity index (χ1) is 15.2. The Morgan fingerprint density at radius 2 is 1.69 bits per heavy atom. The number of hydrogen-bond acceptors (Lipinski definition) is 6. The average molecular weight is 457 g/mol. The summed E-state index contributed by atoms with van der Waals surface area (Å²) in [5.41, 5.74) is 1.14. The molecule has 1 N–H and O–H groups in total. The number of carbonyl (C=O) groups excluding carboxylic acids is 2. The average Bonchev–Trinajstić information content (AvgIpc) is 2.78. The number of sulfonamides is 1. The van der Waals surface area contributed by atoms with Gasteiger partial charge in [-0.2, -0.15) is 0 Å². The molecule has 32 heavy (non-hydrogen) atoms. The highest BCUT2D eigenvalue weighted by Crippen LogP contribution is 2.22. The van der Waals surface area contributed by atoms with E-state index in [-0.39, 0.29) is 28.5 Å². The molecule has 0 aromatic heterocycles. The van der Waals surface area contributed by atoms with E-state index in [1.54, 1.807) is 18.2 Å². The van der Waals surface area contributed by atoms with Crippen molar-refractivity contribution in [2.24, 2.45) is 0 Å². The van der Waals surface area contributed by atoms with E-state index in [0.29, 0.717) is 16.9 Å². The molecule has 0 aliphatic carbocycles. The van der Waals surface area contributed by atoms with Crippen LogP contribution in [0, 0.1) is 5.82 Å². The Morgan fingerprint density at radius 1 is 0.969 bits per heavy atom. The maximum Gasteiger partial charge on any atom is 0.338 e. The van der Waals surface area contributed by atoms with E-state index in [1.165, 1.54) is 50.4 Å². The number of anilines is 1. The van der Waals surface area contributed by atoms with Crippen LogP contribution in [0.4, 0.5) is 10.1 Å². The van der Waals surface area contributed by atoms with Crippen LogP contribution in [0.25, 0.3) is 0 Å². The molecule has 0 saturated heterocycles. The number of Topliss-reactive ketones (excluding diaryl/α,β-unsaturated/α-hetero) is 1. The minimum absolute atomic E-state index is 0.0219. The first-order valence-electron chi connectivity index (χ1n) is 9.43. The predicted molar refractivity (Wildman–Crippen MR) is 116 cm³/mol. The van der Waals surface area contributed by atoms with Crippen molar-refractivity contribution in [2.75, 3.05) is 11.8 Å². The van der Waals surface area contributed by atoms with Gasteiger partial charge in [0.15, 0.2) is 5.78 Å². The standard InChI is InChI=1S/C23H20FNO6S/c1-15(26)16-6-11-22(30-2)18(12-16)14-31-23(27)17-4-3-5-21(13-17)32(28,29)25-20-9-7-19(24)8-10-20/h3-13,25H,14H2,1-2H3. The zero-order valence-electron chi connectivity index (χ0n) is 17.3. The molecule has 0 bridgehead atoms. The number of hydrogen-bond donors (Lipinski definition) is 1. The van der Waals surface area contributed by atoms with Crippen molar-refractivity contribution < 1.29 is 31.9 Å². The number of ether oxygens (including phenoxy) is 2. The zero-order chi connectivity index (χ0) is 23.3. The number of esters is 1. The zero-order valence-corrected chi connectivity index (χ0v) is 18.1. The van der Waals surface area contributed by atoms with Crippen molar-refractivity contribution in [3.05, 3.63) is 89.2 Å². The monoisotopic (exact) mass is 457 g/mol. The van der Waals surface area contributed by atoms with Gasteiger partial charge in [-0.3, -0.25) is 9.52 Å². The van der Waals surface area contributed by atoms with Crippen LogP contribution in [0.15, 0.2) is 71.6 Å². The van der Waals surface area contributed by atoms with E-state index >= 15 is 0 Å². The topological polar surface area (TPSA) is 98.8 Å². The van der Waals surface area contributed by atoms with Gasteiger partial charge in [-0.25, -0.2) is 17.6 Å². The molecule has 0 atom stereocenters. The van der Waals surface area contributed by atoms with Gasteiger partial charge in [-0.05, 0) is 67.6 Å². The van der Waals surface area contributed by atoms with Gasteiger partial charge in [0.05, 0.1) is 17.6 Å². The summed E-state index contributed by atoms with van der Waals surface area (Å²) in [6.07, 6.45) is 0. The summed E-state index contributed by atoms with van der Waals surface area (Å²) in [5, 5.41) is 0. The van der Waals surface area contributed by atoms with Gasteiger partial charge in [0.25, 0.3) is 10.0 Å². The summed E-state index contributed by atoms with van der Waals surface area (Å²) in [7, 11) is -2.56. The maximum absolute atomic E-state index is 13.0. The number of ketones is 1. The lowest BCUT2D eigenvalue weighted by molar-refractivity contribution is 0.0470. The lowest BCUT2D eigenvalue weighted by atomic mass is 10.1. The highest BCUT2D eigenvalue weighted by molar-refractivity contribution is 7.92. The third-order valence-electron chi connectivity index (χ3n) is 4.52. The second-order valence-electron chi connectivity index (χ2n) is 6.80. The van der Waals surface area contributed by atoms with Crippen molar-refractivity contribution in [2.45, 2.75) is 18.4 Å². The van der Waals surface area contributed by atoms with Crippen molar-refractivity contribution in [1.82, 2.24) is 0 Å². The molecule has 166 valence electrons. The molecule has 0 heterocycles. The molecule has 9 heteroatoms. The minimum Gasteiger partial charge on any atom is -0.496 e. The van der Waals surface area contributed by atoms with E-state index in [4.69, 9.17) is 9.47 Å². The van der Waals surface area contributed by atoms with Gasteiger partial charge >= 0.3 is 5.97 Å². The predicted octanol–water partition coefficient (Wildman–Crippen LogP) is 4.19. The normalized spacial score (nSPS) is 11.0. The first kappa shape index (κ1) is 23.0. The molecule has 7 nitrogen and oxygen atoms in total. The van der Waals surface area contributed by atoms with Crippen molar-refractivity contribution in [3.8, 4) is 5.75 Å². The van der Waals surface area contributed by atoms with Gasteiger partial charge in [-0.15, -0.1) is 0 Å². The van der Waals surface area contributed by atoms with Gasteiger partial charge in [0.1, 0.15) is 18.2 Å². The summed E-state index contributed by atoms with van der Waals surface area (Å²) < 4.78 is 51.1. The fourth-order valence-electron chi connectivity index (χ4n) is 2.86. The van der Waals surface area contributed by atoms with Crippen LogP contribution in [0.3, 0.4) is 0 Å². The molecule has 0 spiro atoms. The molecule has 3 aromatic carbocycles. The van der Waals surface area contributed by atoms with E-state index < -0.39 is 21.8 Å². The van der Waals surface area contributed by atoms with Crippen LogP contribution < -0.4 is 9.46 Å². The highest BCUT2D eigenvalue weighted by atomic mass is 32.2. The molecule has 3 rings (SSSR count). The lowest BCUT2D eigenvalue weighted by Gasteiger charge is -2.12. The summed E-state index contributed by atoms with van der Waals surface area (Å²) in [5.74, 6) is -0.948. The Hall–Kier alpha value is -3.72. The summed E-state index contributed by atoms with van der Waals surface area (Å²) in [6.45, 7) is 1.25. The van der Waals surface area contributed by atoms with Crippen LogP contribution in [0.5, 0.6) is 5.75 Å². The Bertz CT molecular complexity index is 1260. The molecular weight excluding hydrogens is 437 g/mol. The summed E-state index contributed by atoms with van der Waals surface area (Å²) in [6, 6.07) is 14.9. The van der Waals surface area contributed by atoms with Crippen LogP contribution in [0.1, 0.15) is 33.2 Å².